The molecule has 3 N–H and O–H groups in total. The third-order valence-electron chi connectivity index (χ3n) is 3.35. The van der Waals surface area contributed by atoms with Gasteiger partial charge in [-0.15, -0.1) is 11.3 Å². The van der Waals surface area contributed by atoms with Crippen molar-refractivity contribution in [1.29, 1.82) is 0 Å². The summed E-state index contributed by atoms with van der Waals surface area (Å²) < 4.78 is 0. The molecule has 1 aromatic rings. The molecular formula is C13H20N2OS. The summed E-state index contributed by atoms with van der Waals surface area (Å²) in [5, 5.41) is 3.02. The van der Waals surface area contributed by atoms with Crippen LogP contribution in [0.15, 0.2) is 6.07 Å². The van der Waals surface area contributed by atoms with Gasteiger partial charge >= 0.3 is 0 Å². The van der Waals surface area contributed by atoms with Crippen molar-refractivity contribution in [2.45, 2.75) is 39.2 Å². The Labute approximate surface area is 106 Å². The number of aryl methyl sites for hydroxylation is 2. The Hall–Kier alpha value is -0.870. The van der Waals surface area contributed by atoms with Crippen LogP contribution < -0.4 is 11.1 Å². The highest BCUT2D eigenvalue weighted by Crippen LogP contribution is 2.30. The maximum atomic E-state index is 12.1. The molecule has 1 aliphatic rings. The summed E-state index contributed by atoms with van der Waals surface area (Å²) in [5.41, 5.74) is 7.03. The van der Waals surface area contributed by atoms with Gasteiger partial charge in [0.25, 0.3) is 5.91 Å². The molecule has 1 heterocycles. The van der Waals surface area contributed by atoms with E-state index in [1.165, 1.54) is 16.9 Å². The van der Waals surface area contributed by atoms with Crippen LogP contribution >= 0.6 is 11.3 Å². The number of fused-ring (bicyclic) bond motifs is 1. The molecule has 0 saturated heterocycles. The van der Waals surface area contributed by atoms with Gasteiger partial charge in [0, 0.05) is 17.5 Å². The minimum atomic E-state index is 0.0357. The predicted octanol–water partition coefficient (Wildman–Crippen LogP) is 1.95. The van der Waals surface area contributed by atoms with Crippen LogP contribution in [-0.2, 0) is 12.8 Å². The van der Waals surface area contributed by atoms with Crippen LogP contribution in [0, 0.1) is 5.92 Å². The van der Waals surface area contributed by atoms with Crippen LogP contribution in [0.3, 0.4) is 0 Å². The van der Waals surface area contributed by atoms with Crippen molar-refractivity contribution in [3.8, 4) is 0 Å². The Morgan fingerprint density at radius 2 is 2.29 bits per heavy atom. The van der Waals surface area contributed by atoms with Crippen LogP contribution in [-0.4, -0.2) is 18.5 Å². The Morgan fingerprint density at radius 3 is 2.88 bits per heavy atom. The first-order valence-electron chi connectivity index (χ1n) is 6.24. The fraction of sp³-hybridized carbons (Fsp3) is 0.615. The van der Waals surface area contributed by atoms with E-state index in [1.807, 2.05) is 0 Å². The van der Waals surface area contributed by atoms with Crippen molar-refractivity contribution in [3.63, 3.8) is 0 Å². The van der Waals surface area contributed by atoms with Crippen LogP contribution in [0.1, 0.15) is 40.4 Å². The Balaban J connectivity index is 2.04. The van der Waals surface area contributed by atoms with Crippen LogP contribution in [0.4, 0.5) is 0 Å². The molecule has 0 bridgehead atoms. The lowest BCUT2D eigenvalue weighted by Crippen LogP contribution is -2.43. The lowest BCUT2D eigenvalue weighted by molar-refractivity contribution is 0.0932. The van der Waals surface area contributed by atoms with Crippen molar-refractivity contribution >= 4 is 17.2 Å². The Bertz CT molecular complexity index is 390. The van der Waals surface area contributed by atoms with E-state index in [0.717, 1.165) is 17.7 Å². The van der Waals surface area contributed by atoms with E-state index in [-0.39, 0.29) is 11.9 Å². The number of hydrogen-bond donors (Lipinski definition) is 2. The second kappa shape index (κ2) is 5.19. The maximum Gasteiger partial charge on any atom is 0.261 e. The summed E-state index contributed by atoms with van der Waals surface area (Å²) in [6.07, 6.45) is 3.50. The van der Waals surface area contributed by atoms with Gasteiger partial charge in [0.2, 0.25) is 0 Å². The SMILES string of the molecule is CC(C)C(CN)NC(=O)c1cc2c(s1)CCC2. The van der Waals surface area contributed by atoms with E-state index >= 15 is 0 Å². The highest BCUT2D eigenvalue weighted by atomic mass is 32.1. The molecule has 0 saturated carbocycles. The summed E-state index contributed by atoms with van der Waals surface area (Å²) in [6, 6.07) is 2.12. The van der Waals surface area contributed by atoms with E-state index < -0.39 is 0 Å². The van der Waals surface area contributed by atoms with E-state index in [0.29, 0.717) is 12.5 Å². The van der Waals surface area contributed by atoms with Gasteiger partial charge in [-0.25, -0.2) is 0 Å². The Morgan fingerprint density at radius 1 is 1.53 bits per heavy atom. The molecule has 0 fully saturated rings. The average molecular weight is 252 g/mol. The van der Waals surface area contributed by atoms with Crippen molar-refractivity contribution in [3.05, 3.63) is 21.4 Å². The molecule has 1 atom stereocenters. The number of carbonyl (C=O) groups excluding carboxylic acids is 1. The smallest absolute Gasteiger partial charge is 0.261 e. The number of hydrogen-bond acceptors (Lipinski definition) is 3. The number of amides is 1. The standard InChI is InChI=1S/C13H20N2OS/c1-8(2)10(7-14)15-13(16)12-6-9-4-3-5-11(9)17-12/h6,8,10H,3-5,7,14H2,1-2H3,(H,15,16). The number of carbonyl (C=O) groups is 1. The zero-order chi connectivity index (χ0) is 12.4. The van der Waals surface area contributed by atoms with Gasteiger partial charge in [-0.3, -0.25) is 4.79 Å². The largest absolute Gasteiger partial charge is 0.347 e. The quantitative estimate of drug-likeness (QED) is 0.860. The maximum absolute atomic E-state index is 12.1. The molecule has 94 valence electrons. The molecule has 1 aliphatic carbocycles. The highest BCUT2D eigenvalue weighted by molar-refractivity contribution is 7.14. The van der Waals surface area contributed by atoms with Gasteiger partial charge in [-0.2, -0.15) is 0 Å². The average Bonchev–Trinajstić information content (AvgIpc) is 2.84. The normalized spacial score (nSPS) is 16.0. The van der Waals surface area contributed by atoms with Crippen molar-refractivity contribution < 1.29 is 4.79 Å². The molecule has 0 aliphatic heterocycles. The molecule has 1 unspecified atom stereocenters. The van der Waals surface area contributed by atoms with Crippen molar-refractivity contribution in [2.75, 3.05) is 6.54 Å². The third-order valence-corrected chi connectivity index (χ3v) is 4.58. The summed E-state index contributed by atoms with van der Waals surface area (Å²) in [6.45, 7) is 4.65. The van der Waals surface area contributed by atoms with E-state index in [1.54, 1.807) is 11.3 Å². The lowest BCUT2D eigenvalue weighted by atomic mass is 10.0. The van der Waals surface area contributed by atoms with Crippen molar-refractivity contribution in [1.82, 2.24) is 5.32 Å². The first kappa shape index (κ1) is 12.6. The topological polar surface area (TPSA) is 55.1 Å². The minimum absolute atomic E-state index is 0.0357. The molecule has 17 heavy (non-hydrogen) atoms. The highest BCUT2D eigenvalue weighted by Gasteiger charge is 2.21. The molecule has 1 aromatic heterocycles. The van der Waals surface area contributed by atoms with Gasteiger partial charge in [-0.1, -0.05) is 13.8 Å². The number of thiophene rings is 1. The zero-order valence-corrected chi connectivity index (χ0v) is 11.3. The second-order valence-corrected chi connectivity index (χ2v) is 6.11. The van der Waals surface area contributed by atoms with Gasteiger partial charge in [0.05, 0.1) is 4.88 Å². The van der Waals surface area contributed by atoms with E-state index in [9.17, 15) is 4.79 Å². The number of rotatable bonds is 4. The fourth-order valence-corrected chi connectivity index (χ4v) is 3.33. The summed E-state index contributed by atoms with van der Waals surface area (Å²) >= 11 is 1.64. The first-order chi connectivity index (χ1) is 8.11. The summed E-state index contributed by atoms with van der Waals surface area (Å²) in [4.78, 5) is 14.3. The van der Waals surface area contributed by atoms with Gasteiger partial charge in [0.1, 0.15) is 0 Å². The van der Waals surface area contributed by atoms with Crippen LogP contribution in [0.5, 0.6) is 0 Å². The number of nitrogens with one attached hydrogen (secondary N) is 1. The number of nitrogens with two attached hydrogens (primary N) is 1. The predicted molar refractivity (Wildman–Crippen MR) is 71.5 cm³/mol. The summed E-state index contributed by atoms with van der Waals surface area (Å²) in [7, 11) is 0. The molecule has 0 spiro atoms. The van der Waals surface area contributed by atoms with Crippen molar-refractivity contribution in [2.24, 2.45) is 11.7 Å². The third kappa shape index (κ3) is 2.69. The van der Waals surface area contributed by atoms with E-state index in [2.05, 4.69) is 25.2 Å². The van der Waals surface area contributed by atoms with Gasteiger partial charge in [0.15, 0.2) is 0 Å². The molecule has 1 amide bonds. The molecule has 4 heteroatoms. The molecule has 3 nitrogen and oxygen atoms in total. The first-order valence-corrected chi connectivity index (χ1v) is 7.06. The van der Waals surface area contributed by atoms with Gasteiger partial charge < -0.3 is 11.1 Å². The van der Waals surface area contributed by atoms with Gasteiger partial charge in [-0.05, 0) is 36.8 Å². The zero-order valence-electron chi connectivity index (χ0n) is 10.5. The van der Waals surface area contributed by atoms with E-state index in [4.69, 9.17) is 5.73 Å². The minimum Gasteiger partial charge on any atom is -0.347 e. The van der Waals surface area contributed by atoms with Crippen LogP contribution in [0.2, 0.25) is 0 Å². The molecule has 0 aromatic carbocycles. The monoisotopic (exact) mass is 252 g/mol. The summed E-state index contributed by atoms with van der Waals surface area (Å²) in [5.74, 6) is 0.407. The Kier molecular flexibility index (Phi) is 3.84. The van der Waals surface area contributed by atoms with Crippen LogP contribution in [0.25, 0.3) is 0 Å². The fourth-order valence-electron chi connectivity index (χ4n) is 2.18. The molecule has 2 rings (SSSR count). The second-order valence-electron chi connectivity index (χ2n) is 4.97. The lowest BCUT2D eigenvalue weighted by Gasteiger charge is -2.19. The molecule has 0 radical (unpaired) electrons. The molecular weight excluding hydrogens is 232 g/mol.